The molecule has 1 rings (SSSR count). The van der Waals surface area contributed by atoms with Crippen molar-refractivity contribution >= 4 is 17.0 Å². The summed E-state index contributed by atoms with van der Waals surface area (Å²) in [6.45, 7) is 0.950. The number of hydrogen-bond donors (Lipinski definition) is 0. The number of aryl methyl sites for hydroxylation is 2. The van der Waals surface area contributed by atoms with Gasteiger partial charge in [0.15, 0.2) is 0 Å². The maximum absolute atomic E-state index is 8.55. The van der Waals surface area contributed by atoms with Crippen molar-refractivity contribution in [3.05, 3.63) is 18.7 Å². The number of phosphoric acid groups is 1. The van der Waals surface area contributed by atoms with Gasteiger partial charge in [0, 0.05) is 280 Å². The summed E-state index contributed by atoms with van der Waals surface area (Å²) in [7, 11) is -0.821. The molecule has 59 heteroatoms. The predicted octanol–water partition coefficient (Wildman–Crippen LogP) is -7.62. The Hall–Kier alpha value is 6.40. The molecule has 1 heterocycles. The summed E-state index contributed by atoms with van der Waals surface area (Å²) in [5.41, 5.74) is 0. The normalized spacial score (nSPS) is 3.65. The van der Waals surface area contributed by atoms with Gasteiger partial charge in [-0.15, -0.1) is 0 Å². The van der Waals surface area contributed by atoms with Crippen LogP contribution in [-0.2, 0) is 477 Å². The second-order valence-corrected chi connectivity index (χ2v) is 8.15. The Morgan fingerprint density at radius 2 is 0.507 bits per heavy atom. The molecule has 0 radical (unpaired) electrons. The molecule has 0 aliphatic heterocycles. The minimum absolute atomic E-state index is 0. The standard InChI is InChI=1S/C10H21N2O3Si.H3O4P.36O.12W/c1-11-7-8-12(10-11)6-5-9-16(13-2,14-3)15-4;1-5(2,3)4;;;;;;;;;;;;;;;;;;;;;;;;;;;;;;;;;;;;;;;;;;;;;;;;/h7-8,10H,5-6,9H2,1-4H3;(H3,1,2,3,4);;;;;;;;;;;;;;;;;;;;;;;;;;;;;;;;;;;;;;;;;;;;;;;;/q+1;;36*-2;;;;;;;;;;;;/p-3. The van der Waals surface area contributed by atoms with Gasteiger partial charge in [-0.3, -0.25) is 0 Å². The summed E-state index contributed by atoms with van der Waals surface area (Å²) in [6, 6.07) is 0.832. The zero-order valence-electron chi connectivity index (χ0n) is 32.1. The fourth-order valence-electron chi connectivity index (χ4n) is 1.67. The molecule has 0 aromatic carbocycles. The van der Waals surface area contributed by atoms with Gasteiger partial charge in [0.05, 0.1) is 13.6 Å². The first-order valence-corrected chi connectivity index (χ1v) is 9.44. The largest absolute Gasteiger partial charge is 2.00 e. The molecule has 1 aromatic rings. The molecule has 1 aromatic heterocycles. The number of aromatic nitrogens is 2. The molecule has 0 amide bonds. The van der Waals surface area contributed by atoms with Gasteiger partial charge in [0.25, 0.3) is 0 Å². The van der Waals surface area contributed by atoms with Gasteiger partial charge in [0.1, 0.15) is 12.4 Å². The van der Waals surface area contributed by atoms with Crippen LogP contribution in [-0.4, -0.2) is 34.7 Å². The van der Waals surface area contributed by atoms with Crippen LogP contribution in [0.3, 0.4) is 0 Å². The number of hydrogen-bond acceptors (Lipinski definition) is 7. The molecule has 45 nitrogen and oxygen atoms in total. The summed E-state index contributed by atoms with van der Waals surface area (Å²) in [5, 5.41) is 0. The SMILES string of the molecule is CO[Si](CCCn1cc[n+](C)c1)(OC)OC.[O-2].[O-2].[O-2].[O-2].[O-2].[O-2].[O-2].[O-2].[O-2].[O-2].[O-2].[O-2].[O-2].[O-2].[O-2].[O-2].[O-2].[O-2].[O-2].[O-2].[O-2].[O-2].[O-2].[O-2].[O-2].[O-2].[O-2].[O-2].[O-2].[O-2].[O-2].[O-2].[O-2].[O-2].[O-2].[O-2].[O-][P+]([O-])([O-])[O-].[W].[W].[W].[W].[W].[W].[W].[W].[W].[W].[W].[W]. The Morgan fingerprint density at radius 1 is 0.362 bits per heavy atom. The molecule has 0 aliphatic carbocycles. The quantitative estimate of drug-likeness (QED) is 0.144. The van der Waals surface area contributed by atoms with Crippen LogP contribution in [0.5, 0.6) is 0 Å². The summed E-state index contributed by atoms with van der Waals surface area (Å²) in [4.78, 5) is 34.2. The van der Waals surface area contributed by atoms with Crippen molar-refractivity contribution in [2.24, 2.45) is 7.05 Å². The zero-order valence-corrected chi connectivity index (χ0v) is 69.2. The third-order valence-electron chi connectivity index (χ3n) is 2.66. The first-order chi connectivity index (χ1) is 9.65. The number of rotatable bonds is 7. The third kappa shape index (κ3) is 396. The van der Waals surface area contributed by atoms with Crippen LogP contribution < -0.4 is 24.1 Å². The molecule has 0 atom stereocenters. The molecule has 0 unspecified atom stereocenters. The maximum atomic E-state index is 8.55. The smallest absolute Gasteiger partial charge is 0.500 e. The molecule has 0 saturated carbocycles. The summed E-state index contributed by atoms with van der Waals surface area (Å²) < 4.78 is 20.2. The Labute approximate surface area is 568 Å². The second kappa shape index (κ2) is 359. The van der Waals surface area contributed by atoms with E-state index in [0.29, 0.717) is 0 Å². The van der Waals surface area contributed by atoms with E-state index < -0.39 is 17.0 Å². The Bertz CT molecular complexity index is 453. The molecule has 0 fully saturated rings. The topological polar surface area (TPSA) is 1150 Å². The number of imidazole rings is 1. The molecular weight excluding hydrogens is 3100 g/mol. The number of nitrogens with zero attached hydrogens (tertiary/aromatic N) is 2. The molecule has 0 saturated heterocycles. The second-order valence-electron chi connectivity index (χ2n) is 4.16. The van der Waals surface area contributed by atoms with Gasteiger partial charge < -0.3 is 230 Å². The van der Waals surface area contributed by atoms with E-state index in [0.717, 1.165) is 19.0 Å². The fourth-order valence-corrected chi connectivity index (χ4v) is 3.37. The van der Waals surface area contributed by atoms with Crippen molar-refractivity contribution in [1.29, 1.82) is 0 Å². The van der Waals surface area contributed by atoms with Gasteiger partial charge in [-0.1, -0.05) is 0 Å². The molecule has 0 aliphatic rings. The Morgan fingerprint density at radius 3 is 0.609 bits per heavy atom. The van der Waals surface area contributed by atoms with Crippen LogP contribution in [0.4, 0.5) is 0 Å². The molecule has 0 spiro atoms. The summed E-state index contributed by atoms with van der Waals surface area (Å²) in [5.74, 6) is 0. The maximum Gasteiger partial charge on any atom is 0.500 e. The Kier molecular flexibility index (Phi) is 3120. The summed E-state index contributed by atoms with van der Waals surface area (Å²) >= 11 is 0. The van der Waals surface area contributed by atoms with E-state index >= 15 is 0 Å². The van der Waals surface area contributed by atoms with Crippen molar-refractivity contribution in [2.45, 2.75) is 19.0 Å². The molecule has 0 bridgehead atoms. The van der Waals surface area contributed by atoms with Crippen LogP contribution in [0.25, 0.3) is 0 Å². The van der Waals surface area contributed by atoms with Gasteiger partial charge in [-0.25, -0.2) is 17.3 Å². The van der Waals surface area contributed by atoms with Crippen LogP contribution >= 0.6 is 8.17 Å². The average molecular weight is 3120 g/mol. The minimum atomic E-state index is -5.39. The van der Waals surface area contributed by atoms with E-state index in [4.69, 9.17) is 32.9 Å². The molecular formula is C10H21N2O43PSiW12-74. The zero-order chi connectivity index (χ0) is 16.5. The summed E-state index contributed by atoms with van der Waals surface area (Å²) in [6.07, 6.45) is 7.11. The predicted molar refractivity (Wildman–Crippen MR) is 93.4 cm³/mol. The van der Waals surface area contributed by atoms with E-state index in [9.17, 15) is 0 Å². The first kappa shape index (κ1) is 599. The van der Waals surface area contributed by atoms with Crippen molar-refractivity contribution in [2.75, 3.05) is 21.3 Å². The van der Waals surface area contributed by atoms with E-state index in [2.05, 4.69) is 17.1 Å². The van der Waals surface area contributed by atoms with E-state index in [1.54, 1.807) is 21.3 Å². The van der Waals surface area contributed by atoms with Gasteiger partial charge in [0.2, 0.25) is 6.33 Å². The van der Waals surface area contributed by atoms with Gasteiger partial charge in [-0.2, -0.15) is 0 Å². The van der Waals surface area contributed by atoms with E-state index in [1.165, 1.54) is 0 Å². The van der Waals surface area contributed by atoms with Crippen molar-refractivity contribution in [3.63, 3.8) is 0 Å². The van der Waals surface area contributed by atoms with E-state index in [-0.39, 0.29) is 450 Å². The van der Waals surface area contributed by atoms with Gasteiger partial charge >= 0.3 is 8.80 Å². The van der Waals surface area contributed by atoms with Crippen LogP contribution in [0.2, 0.25) is 6.04 Å². The average Bonchev–Trinajstić information content (AvgIpc) is 2.79. The van der Waals surface area contributed by atoms with Gasteiger partial charge in [-0.05, 0) is 6.42 Å². The van der Waals surface area contributed by atoms with Crippen LogP contribution in [0.15, 0.2) is 18.7 Å². The first-order valence-electron chi connectivity index (χ1n) is 6.05. The fraction of sp³-hybridized carbons (Fsp3) is 0.700. The van der Waals surface area contributed by atoms with Crippen molar-refractivity contribution in [3.8, 4) is 0 Å². The third-order valence-corrected chi connectivity index (χ3v) is 5.49. The molecule has 0 N–H and O–H groups in total. The van der Waals surface area contributed by atoms with Crippen molar-refractivity contribution < 1.29 is 487 Å². The Balaban J connectivity index is -0.00000000155. The molecule has 69 heavy (non-hydrogen) atoms. The monoisotopic (exact) mass is 3120 g/mol. The van der Waals surface area contributed by atoms with E-state index in [1.807, 2.05) is 17.8 Å². The van der Waals surface area contributed by atoms with Crippen LogP contribution in [0, 0.1) is 0 Å². The van der Waals surface area contributed by atoms with Crippen molar-refractivity contribution in [1.82, 2.24) is 4.57 Å². The molecule has 484 valence electrons. The van der Waals surface area contributed by atoms with Crippen LogP contribution in [0.1, 0.15) is 6.42 Å². The minimum Gasteiger partial charge on any atom is -2.00 e.